The van der Waals surface area contributed by atoms with Crippen molar-refractivity contribution in [3.8, 4) is 0 Å². The minimum atomic E-state index is -0.349. The first kappa shape index (κ1) is 18.9. The Morgan fingerprint density at radius 3 is 2.61 bits per heavy atom. The summed E-state index contributed by atoms with van der Waals surface area (Å²) in [6.07, 6.45) is 12.1. The fraction of sp³-hybridized carbons (Fsp3) is 0.455. The van der Waals surface area contributed by atoms with Crippen molar-refractivity contribution in [2.75, 3.05) is 25.0 Å². The molecule has 0 spiro atoms. The number of nitrogens with zero attached hydrogens (tertiary/aromatic N) is 3. The number of likely N-dealkylation sites (tertiary alicyclic amines) is 1. The van der Waals surface area contributed by atoms with Crippen LogP contribution in [-0.4, -0.2) is 40.2 Å². The van der Waals surface area contributed by atoms with Gasteiger partial charge in [0.15, 0.2) is 0 Å². The fourth-order valence-corrected chi connectivity index (χ4v) is 4.23. The number of aromatic nitrogens is 2. The second-order valence-electron chi connectivity index (χ2n) is 7.80. The molecule has 1 amide bonds. The summed E-state index contributed by atoms with van der Waals surface area (Å²) in [4.78, 5) is 15.0. The molecule has 6 heteroatoms. The van der Waals surface area contributed by atoms with E-state index < -0.39 is 0 Å². The quantitative estimate of drug-likeness (QED) is 0.786. The van der Waals surface area contributed by atoms with Crippen molar-refractivity contribution in [3.63, 3.8) is 0 Å². The molecule has 2 aliphatic rings. The summed E-state index contributed by atoms with van der Waals surface area (Å²) in [7, 11) is 0. The number of halogens is 1. The molecule has 0 saturated carbocycles. The van der Waals surface area contributed by atoms with Gasteiger partial charge in [0.2, 0.25) is 0 Å². The first-order chi connectivity index (χ1) is 13.7. The van der Waals surface area contributed by atoms with Crippen molar-refractivity contribution in [2.45, 2.75) is 38.1 Å². The van der Waals surface area contributed by atoms with E-state index in [-0.39, 0.29) is 11.7 Å². The molecule has 1 aromatic heterocycles. The lowest BCUT2D eigenvalue weighted by Gasteiger charge is -2.35. The van der Waals surface area contributed by atoms with E-state index in [9.17, 15) is 9.18 Å². The molecule has 1 unspecified atom stereocenters. The van der Waals surface area contributed by atoms with E-state index in [4.69, 9.17) is 0 Å². The molecule has 28 heavy (non-hydrogen) atoms. The van der Waals surface area contributed by atoms with E-state index in [0.29, 0.717) is 17.4 Å². The zero-order valence-corrected chi connectivity index (χ0v) is 16.1. The third-order valence-corrected chi connectivity index (χ3v) is 5.82. The number of benzene rings is 1. The summed E-state index contributed by atoms with van der Waals surface area (Å²) in [6, 6.07) is 7.69. The first-order valence-electron chi connectivity index (χ1n) is 10.2. The molecule has 1 N–H and O–H groups in total. The number of hydrogen-bond acceptors (Lipinski definition) is 3. The van der Waals surface area contributed by atoms with E-state index in [0.717, 1.165) is 31.8 Å². The van der Waals surface area contributed by atoms with Crippen LogP contribution in [0.3, 0.4) is 0 Å². The number of allylic oxidation sites excluding steroid dienone is 2. The molecule has 1 aromatic carbocycles. The van der Waals surface area contributed by atoms with Crippen LogP contribution in [0.15, 0.2) is 48.7 Å². The normalized spacial score (nSPS) is 21.0. The van der Waals surface area contributed by atoms with E-state index >= 15 is 0 Å². The molecule has 1 atom stereocenters. The van der Waals surface area contributed by atoms with Gasteiger partial charge >= 0.3 is 0 Å². The van der Waals surface area contributed by atoms with Gasteiger partial charge in [-0.25, -0.2) is 9.07 Å². The second-order valence-corrected chi connectivity index (χ2v) is 7.80. The monoisotopic (exact) mass is 382 g/mol. The Kier molecular flexibility index (Phi) is 5.86. The predicted molar refractivity (Wildman–Crippen MR) is 108 cm³/mol. The van der Waals surface area contributed by atoms with Gasteiger partial charge < -0.3 is 10.2 Å². The Morgan fingerprint density at radius 1 is 1.11 bits per heavy atom. The van der Waals surface area contributed by atoms with Crippen molar-refractivity contribution in [1.29, 1.82) is 0 Å². The molecule has 1 aliphatic carbocycles. The SMILES string of the molecule is O=C(Nc1ccnn1C1CCN(CC2CC=CCC2)CC1)c1ccc(F)cc1. The lowest BCUT2D eigenvalue weighted by atomic mass is 9.93. The molecular formula is C22H27FN4O. The van der Waals surface area contributed by atoms with Crippen LogP contribution in [0.1, 0.15) is 48.5 Å². The molecule has 4 rings (SSSR count). The van der Waals surface area contributed by atoms with E-state index in [2.05, 4.69) is 27.5 Å². The number of nitrogens with one attached hydrogen (secondary N) is 1. The lowest BCUT2D eigenvalue weighted by molar-refractivity contribution is 0.102. The maximum atomic E-state index is 13.1. The third kappa shape index (κ3) is 4.50. The molecule has 0 radical (unpaired) electrons. The number of rotatable bonds is 5. The Labute approximate surface area is 165 Å². The average Bonchev–Trinajstić information content (AvgIpc) is 3.18. The molecular weight excluding hydrogens is 355 g/mol. The Morgan fingerprint density at radius 2 is 1.89 bits per heavy atom. The molecule has 1 fully saturated rings. The third-order valence-electron chi connectivity index (χ3n) is 5.82. The van der Waals surface area contributed by atoms with Crippen LogP contribution in [0.2, 0.25) is 0 Å². The van der Waals surface area contributed by atoms with Gasteiger partial charge in [0, 0.05) is 31.3 Å². The van der Waals surface area contributed by atoms with Crippen LogP contribution in [0.25, 0.3) is 0 Å². The van der Waals surface area contributed by atoms with Gasteiger partial charge in [-0.1, -0.05) is 12.2 Å². The van der Waals surface area contributed by atoms with Crippen LogP contribution in [0, 0.1) is 11.7 Å². The second kappa shape index (κ2) is 8.69. The largest absolute Gasteiger partial charge is 0.307 e. The van der Waals surface area contributed by atoms with Gasteiger partial charge in [-0.15, -0.1) is 0 Å². The van der Waals surface area contributed by atoms with Crippen molar-refractivity contribution >= 4 is 11.7 Å². The van der Waals surface area contributed by atoms with Crippen LogP contribution in [0.4, 0.5) is 10.2 Å². The summed E-state index contributed by atoms with van der Waals surface area (Å²) < 4.78 is 15.0. The standard InChI is InChI=1S/C22H27FN4O/c23-19-8-6-18(7-9-19)22(28)25-21-10-13-24-27(21)20-11-14-26(15-12-20)16-17-4-2-1-3-5-17/h1-2,6-10,13,17,20H,3-5,11-12,14-16H2,(H,25,28). The van der Waals surface area contributed by atoms with Crippen LogP contribution in [0.5, 0.6) is 0 Å². The highest BCUT2D eigenvalue weighted by molar-refractivity contribution is 6.03. The van der Waals surface area contributed by atoms with Gasteiger partial charge in [-0.2, -0.15) is 5.10 Å². The molecule has 148 valence electrons. The summed E-state index contributed by atoms with van der Waals surface area (Å²) in [6.45, 7) is 3.32. The molecule has 1 saturated heterocycles. The van der Waals surface area contributed by atoms with Crippen LogP contribution >= 0.6 is 0 Å². The molecule has 1 aliphatic heterocycles. The minimum absolute atomic E-state index is 0.246. The van der Waals surface area contributed by atoms with E-state index in [1.165, 1.54) is 50.1 Å². The number of carbonyl (C=O) groups excluding carboxylic acids is 1. The van der Waals surface area contributed by atoms with Gasteiger partial charge in [-0.3, -0.25) is 4.79 Å². The van der Waals surface area contributed by atoms with Gasteiger partial charge in [0.25, 0.3) is 5.91 Å². The topological polar surface area (TPSA) is 50.2 Å². The van der Waals surface area contributed by atoms with Gasteiger partial charge in [-0.05, 0) is 62.3 Å². The Hall–Kier alpha value is -2.47. The number of piperidine rings is 1. The highest BCUT2D eigenvalue weighted by Gasteiger charge is 2.25. The molecule has 2 aromatic rings. The van der Waals surface area contributed by atoms with Crippen molar-refractivity contribution < 1.29 is 9.18 Å². The van der Waals surface area contributed by atoms with Crippen molar-refractivity contribution in [3.05, 3.63) is 60.1 Å². The average molecular weight is 382 g/mol. The van der Waals surface area contributed by atoms with Gasteiger partial charge in [0.05, 0.1) is 12.2 Å². The molecule has 0 bridgehead atoms. The number of anilines is 1. The fourth-order valence-electron chi connectivity index (χ4n) is 4.23. The summed E-state index contributed by atoms with van der Waals surface area (Å²) in [5.41, 5.74) is 0.436. The maximum absolute atomic E-state index is 13.1. The van der Waals surface area contributed by atoms with Crippen molar-refractivity contribution in [1.82, 2.24) is 14.7 Å². The summed E-state index contributed by atoms with van der Waals surface area (Å²) >= 11 is 0. The molecule has 2 heterocycles. The Bertz CT molecular complexity index is 821. The predicted octanol–water partition coefficient (Wildman–Crippen LogP) is 4.27. The first-order valence-corrected chi connectivity index (χ1v) is 10.2. The number of carbonyl (C=O) groups is 1. The summed E-state index contributed by atoms with van der Waals surface area (Å²) in [5.74, 6) is 0.893. The minimum Gasteiger partial charge on any atom is -0.307 e. The van der Waals surface area contributed by atoms with Gasteiger partial charge in [0.1, 0.15) is 11.6 Å². The Balaban J connectivity index is 1.33. The number of hydrogen-bond donors (Lipinski definition) is 1. The summed E-state index contributed by atoms with van der Waals surface area (Å²) in [5, 5.41) is 7.37. The zero-order valence-electron chi connectivity index (χ0n) is 16.1. The molecule has 5 nitrogen and oxygen atoms in total. The highest BCUT2D eigenvalue weighted by atomic mass is 19.1. The maximum Gasteiger partial charge on any atom is 0.256 e. The van der Waals surface area contributed by atoms with E-state index in [1.807, 2.05) is 10.7 Å². The van der Waals surface area contributed by atoms with Crippen LogP contribution in [-0.2, 0) is 0 Å². The van der Waals surface area contributed by atoms with E-state index in [1.54, 1.807) is 6.20 Å². The highest BCUT2D eigenvalue weighted by Crippen LogP contribution is 2.27. The number of amides is 1. The smallest absolute Gasteiger partial charge is 0.256 e. The van der Waals surface area contributed by atoms with Crippen molar-refractivity contribution in [2.24, 2.45) is 5.92 Å². The van der Waals surface area contributed by atoms with Crippen LogP contribution < -0.4 is 5.32 Å². The zero-order chi connectivity index (χ0) is 19.3. The lowest BCUT2D eigenvalue weighted by Crippen LogP contribution is -2.38.